The number of benzene rings is 1. The SMILES string of the molecule is CC(NC(=O)C[C@@H]1CCC[C@H]1N)c1ccc2c(c1)CC(=O)N2. The van der Waals surface area contributed by atoms with Gasteiger partial charge in [0.15, 0.2) is 0 Å². The van der Waals surface area contributed by atoms with Gasteiger partial charge < -0.3 is 16.4 Å². The van der Waals surface area contributed by atoms with Crippen molar-refractivity contribution in [3.05, 3.63) is 29.3 Å². The van der Waals surface area contributed by atoms with Gasteiger partial charge in [-0.3, -0.25) is 9.59 Å². The van der Waals surface area contributed by atoms with E-state index in [1.807, 2.05) is 25.1 Å². The van der Waals surface area contributed by atoms with Crippen molar-refractivity contribution in [1.29, 1.82) is 0 Å². The maximum absolute atomic E-state index is 12.2. The Balaban J connectivity index is 1.60. The molecule has 0 saturated heterocycles. The number of carbonyl (C=O) groups excluding carboxylic acids is 2. The quantitative estimate of drug-likeness (QED) is 0.794. The van der Waals surface area contributed by atoms with Crippen LogP contribution in [0.25, 0.3) is 0 Å². The normalized spacial score (nSPS) is 24.7. The minimum Gasteiger partial charge on any atom is -0.350 e. The highest BCUT2D eigenvalue weighted by Crippen LogP contribution is 2.28. The highest BCUT2D eigenvalue weighted by atomic mass is 16.2. The molecule has 0 spiro atoms. The summed E-state index contributed by atoms with van der Waals surface area (Å²) < 4.78 is 0. The van der Waals surface area contributed by atoms with Crippen LogP contribution >= 0.6 is 0 Å². The fraction of sp³-hybridized carbons (Fsp3) is 0.529. The van der Waals surface area contributed by atoms with Gasteiger partial charge in [0.25, 0.3) is 0 Å². The Morgan fingerprint density at radius 3 is 3.00 bits per heavy atom. The number of amides is 2. The zero-order valence-corrected chi connectivity index (χ0v) is 12.9. The molecule has 4 N–H and O–H groups in total. The Hall–Kier alpha value is -1.88. The van der Waals surface area contributed by atoms with Crippen LogP contribution in [0.3, 0.4) is 0 Å². The second-order valence-electron chi connectivity index (χ2n) is 6.49. The van der Waals surface area contributed by atoms with Crippen molar-refractivity contribution < 1.29 is 9.59 Å². The molecule has 1 aromatic carbocycles. The maximum Gasteiger partial charge on any atom is 0.228 e. The Labute approximate surface area is 130 Å². The summed E-state index contributed by atoms with van der Waals surface area (Å²) in [5, 5.41) is 5.86. The minimum atomic E-state index is -0.0638. The predicted octanol–water partition coefficient (Wildman–Crippen LogP) is 1.88. The van der Waals surface area contributed by atoms with Crippen molar-refractivity contribution in [3.63, 3.8) is 0 Å². The zero-order chi connectivity index (χ0) is 15.7. The third kappa shape index (κ3) is 3.14. The Bertz CT molecular complexity index is 600. The van der Waals surface area contributed by atoms with Gasteiger partial charge in [-0.1, -0.05) is 18.6 Å². The Morgan fingerprint density at radius 1 is 1.45 bits per heavy atom. The lowest BCUT2D eigenvalue weighted by Gasteiger charge is -2.19. The number of carbonyl (C=O) groups is 2. The first-order valence-corrected chi connectivity index (χ1v) is 8.00. The lowest BCUT2D eigenvalue weighted by atomic mass is 9.99. The van der Waals surface area contributed by atoms with E-state index in [0.29, 0.717) is 18.8 Å². The zero-order valence-electron chi connectivity index (χ0n) is 12.9. The van der Waals surface area contributed by atoms with Crippen LogP contribution < -0.4 is 16.4 Å². The molecule has 118 valence electrons. The van der Waals surface area contributed by atoms with E-state index in [0.717, 1.165) is 36.1 Å². The standard InChI is InChI=1S/C17H23N3O2/c1-10(19-16(21)8-12-3-2-4-14(12)18)11-5-6-15-13(7-11)9-17(22)20-15/h5-7,10,12,14H,2-4,8-9,18H2,1H3,(H,19,21)(H,20,22)/t10?,12-,14+/m0/s1. The van der Waals surface area contributed by atoms with Crippen molar-refractivity contribution in [1.82, 2.24) is 5.32 Å². The summed E-state index contributed by atoms with van der Waals surface area (Å²) in [5.41, 5.74) is 8.93. The molecule has 3 rings (SSSR count). The van der Waals surface area contributed by atoms with Crippen molar-refractivity contribution in [2.75, 3.05) is 5.32 Å². The predicted molar refractivity (Wildman–Crippen MR) is 85.3 cm³/mol. The number of rotatable bonds is 4. The molecule has 22 heavy (non-hydrogen) atoms. The number of nitrogens with one attached hydrogen (secondary N) is 2. The Morgan fingerprint density at radius 2 is 2.27 bits per heavy atom. The summed E-state index contributed by atoms with van der Waals surface area (Å²) in [4.78, 5) is 23.6. The molecular formula is C17H23N3O2. The molecule has 2 amide bonds. The van der Waals surface area contributed by atoms with Crippen LogP contribution in [0.2, 0.25) is 0 Å². The van der Waals surface area contributed by atoms with Crippen molar-refractivity contribution in [3.8, 4) is 0 Å². The first kappa shape index (κ1) is 15.0. The molecule has 1 fully saturated rings. The smallest absolute Gasteiger partial charge is 0.228 e. The molecular weight excluding hydrogens is 278 g/mol. The first-order valence-electron chi connectivity index (χ1n) is 8.00. The molecule has 3 atom stereocenters. The lowest BCUT2D eigenvalue weighted by molar-refractivity contribution is -0.122. The van der Waals surface area contributed by atoms with Crippen LogP contribution in [0.5, 0.6) is 0 Å². The molecule has 1 aromatic rings. The van der Waals surface area contributed by atoms with Crippen molar-refractivity contribution >= 4 is 17.5 Å². The average molecular weight is 301 g/mol. The highest BCUT2D eigenvalue weighted by Gasteiger charge is 2.26. The summed E-state index contributed by atoms with van der Waals surface area (Å²) in [7, 11) is 0. The Kier molecular flexibility index (Phi) is 4.16. The van der Waals surface area contributed by atoms with Gasteiger partial charge in [0.1, 0.15) is 0 Å². The van der Waals surface area contributed by atoms with Crippen LogP contribution in [-0.2, 0) is 16.0 Å². The second kappa shape index (κ2) is 6.08. The number of fused-ring (bicyclic) bond motifs is 1. The van der Waals surface area contributed by atoms with Gasteiger partial charge in [-0.05, 0) is 42.9 Å². The number of nitrogens with two attached hydrogens (primary N) is 1. The molecule has 0 aromatic heterocycles. The van der Waals surface area contributed by atoms with E-state index in [9.17, 15) is 9.59 Å². The van der Waals surface area contributed by atoms with E-state index in [1.54, 1.807) is 0 Å². The van der Waals surface area contributed by atoms with E-state index in [4.69, 9.17) is 5.73 Å². The van der Waals surface area contributed by atoms with Crippen molar-refractivity contribution in [2.24, 2.45) is 11.7 Å². The van der Waals surface area contributed by atoms with Gasteiger partial charge in [-0.25, -0.2) is 0 Å². The maximum atomic E-state index is 12.2. The van der Waals surface area contributed by atoms with Crippen LogP contribution in [0.15, 0.2) is 18.2 Å². The van der Waals surface area contributed by atoms with Gasteiger partial charge in [0, 0.05) is 18.2 Å². The third-order valence-electron chi connectivity index (χ3n) is 4.80. The topological polar surface area (TPSA) is 84.2 Å². The van der Waals surface area contributed by atoms with E-state index >= 15 is 0 Å². The fourth-order valence-electron chi connectivity index (χ4n) is 3.46. The monoisotopic (exact) mass is 301 g/mol. The van der Waals surface area contributed by atoms with E-state index in [2.05, 4.69) is 10.6 Å². The summed E-state index contributed by atoms with van der Waals surface area (Å²) in [5.74, 6) is 0.401. The number of hydrogen-bond donors (Lipinski definition) is 3. The summed E-state index contributed by atoms with van der Waals surface area (Å²) in [6.45, 7) is 1.97. The largest absolute Gasteiger partial charge is 0.350 e. The molecule has 5 heteroatoms. The van der Waals surface area contributed by atoms with E-state index < -0.39 is 0 Å². The van der Waals surface area contributed by atoms with Crippen LogP contribution in [0, 0.1) is 5.92 Å². The van der Waals surface area contributed by atoms with Crippen molar-refractivity contribution in [2.45, 2.75) is 51.1 Å². The van der Waals surface area contributed by atoms with E-state index in [-0.39, 0.29) is 23.9 Å². The van der Waals surface area contributed by atoms with Crippen LogP contribution in [-0.4, -0.2) is 17.9 Å². The molecule has 1 saturated carbocycles. The average Bonchev–Trinajstić information content (AvgIpc) is 3.03. The number of anilines is 1. The highest BCUT2D eigenvalue weighted by molar-refractivity contribution is 5.99. The number of hydrogen-bond acceptors (Lipinski definition) is 3. The van der Waals surface area contributed by atoms with Gasteiger partial charge in [-0.15, -0.1) is 0 Å². The summed E-state index contributed by atoms with van der Waals surface area (Å²) in [6.07, 6.45) is 4.13. The van der Waals surface area contributed by atoms with Crippen LogP contribution in [0.1, 0.15) is 49.8 Å². The summed E-state index contributed by atoms with van der Waals surface area (Å²) >= 11 is 0. The van der Waals surface area contributed by atoms with Gasteiger partial charge in [0.05, 0.1) is 12.5 Å². The molecule has 0 radical (unpaired) electrons. The molecule has 2 aliphatic rings. The lowest BCUT2D eigenvalue weighted by Crippen LogP contribution is -2.32. The third-order valence-corrected chi connectivity index (χ3v) is 4.80. The molecule has 1 aliphatic carbocycles. The van der Waals surface area contributed by atoms with Crippen LogP contribution in [0.4, 0.5) is 5.69 Å². The fourth-order valence-corrected chi connectivity index (χ4v) is 3.46. The molecule has 1 aliphatic heterocycles. The summed E-state index contributed by atoms with van der Waals surface area (Å²) in [6, 6.07) is 5.96. The molecule has 1 unspecified atom stereocenters. The molecule has 1 heterocycles. The van der Waals surface area contributed by atoms with Gasteiger partial charge in [-0.2, -0.15) is 0 Å². The first-order chi connectivity index (χ1) is 10.5. The van der Waals surface area contributed by atoms with Gasteiger partial charge >= 0.3 is 0 Å². The van der Waals surface area contributed by atoms with Gasteiger partial charge in [0.2, 0.25) is 11.8 Å². The van der Waals surface area contributed by atoms with E-state index in [1.165, 1.54) is 0 Å². The minimum absolute atomic E-state index is 0.0269. The second-order valence-corrected chi connectivity index (χ2v) is 6.49. The molecule has 5 nitrogen and oxygen atoms in total. The molecule has 0 bridgehead atoms.